The van der Waals surface area contributed by atoms with Crippen molar-refractivity contribution in [2.75, 3.05) is 6.54 Å². The number of amides is 1. The smallest absolute Gasteiger partial charge is 0.334 e. The minimum absolute atomic E-state index is 0.250. The topological polar surface area (TPSA) is 86.6 Å². The van der Waals surface area contributed by atoms with Gasteiger partial charge in [-0.3, -0.25) is 4.79 Å². The lowest BCUT2D eigenvalue weighted by Gasteiger charge is -2.21. The van der Waals surface area contributed by atoms with Crippen LogP contribution in [0, 0.1) is 5.41 Å². The molecule has 0 rings (SSSR count). The molecule has 1 atom stereocenters. The van der Waals surface area contributed by atoms with Gasteiger partial charge in [0, 0.05) is 5.41 Å². The van der Waals surface area contributed by atoms with Gasteiger partial charge < -0.3 is 15.5 Å². The fourth-order valence-electron chi connectivity index (χ4n) is 0.677. The van der Waals surface area contributed by atoms with Gasteiger partial charge in [0.2, 0.25) is 5.91 Å². The molecule has 0 aliphatic rings. The molecule has 5 heteroatoms. The molecule has 0 aromatic rings. The van der Waals surface area contributed by atoms with Gasteiger partial charge in [0.25, 0.3) is 0 Å². The van der Waals surface area contributed by atoms with E-state index in [1.54, 1.807) is 13.8 Å². The first-order valence-electron chi connectivity index (χ1n) is 4.50. The summed E-state index contributed by atoms with van der Waals surface area (Å²) >= 11 is 0. The summed E-state index contributed by atoms with van der Waals surface area (Å²) in [7, 11) is 0. The van der Waals surface area contributed by atoms with Crippen LogP contribution in [0.1, 0.15) is 27.2 Å². The van der Waals surface area contributed by atoms with Gasteiger partial charge in [-0.15, -0.1) is 0 Å². The molecule has 0 bridgehead atoms. The zero-order valence-corrected chi connectivity index (χ0v) is 8.70. The van der Waals surface area contributed by atoms with Crippen LogP contribution < -0.4 is 5.32 Å². The second-order valence-electron chi connectivity index (χ2n) is 3.80. The number of aliphatic hydroxyl groups excluding tert-OH is 1. The molecule has 0 saturated carbocycles. The highest BCUT2D eigenvalue weighted by Gasteiger charge is 2.26. The summed E-state index contributed by atoms with van der Waals surface area (Å²) in [6.45, 7) is 5.13. The molecule has 0 radical (unpaired) electrons. The lowest BCUT2D eigenvalue weighted by Crippen LogP contribution is -2.42. The van der Waals surface area contributed by atoms with Crippen LogP contribution in [0.25, 0.3) is 0 Å². The van der Waals surface area contributed by atoms with Gasteiger partial charge >= 0.3 is 5.97 Å². The largest absolute Gasteiger partial charge is 0.479 e. The standard InChI is InChI=1S/C9H17NO4/c1-4-9(2,3)8(14)10-5-6(11)7(12)13/h6,11H,4-5H2,1-3H3,(H,10,14)(H,12,13). The molecule has 0 aliphatic carbocycles. The molecule has 0 saturated heterocycles. The van der Waals surface area contributed by atoms with E-state index < -0.39 is 17.5 Å². The molecular formula is C9H17NO4. The van der Waals surface area contributed by atoms with Gasteiger partial charge in [-0.1, -0.05) is 20.8 Å². The minimum atomic E-state index is -1.54. The Balaban J connectivity index is 4.03. The molecule has 82 valence electrons. The van der Waals surface area contributed by atoms with Crippen LogP contribution in [-0.2, 0) is 9.59 Å². The highest BCUT2D eigenvalue weighted by molar-refractivity contribution is 5.82. The van der Waals surface area contributed by atoms with E-state index in [1.807, 2.05) is 6.92 Å². The Morgan fingerprint density at radius 2 is 1.93 bits per heavy atom. The van der Waals surface area contributed by atoms with E-state index >= 15 is 0 Å². The first-order chi connectivity index (χ1) is 6.31. The average molecular weight is 203 g/mol. The van der Waals surface area contributed by atoms with E-state index in [0.717, 1.165) is 0 Å². The van der Waals surface area contributed by atoms with E-state index in [9.17, 15) is 9.59 Å². The van der Waals surface area contributed by atoms with Gasteiger partial charge in [0.1, 0.15) is 0 Å². The Bertz CT molecular complexity index is 225. The van der Waals surface area contributed by atoms with Gasteiger partial charge in [-0.25, -0.2) is 4.79 Å². The highest BCUT2D eigenvalue weighted by atomic mass is 16.4. The molecule has 0 heterocycles. The van der Waals surface area contributed by atoms with Crippen LogP contribution in [0.5, 0.6) is 0 Å². The van der Waals surface area contributed by atoms with E-state index in [1.165, 1.54) is 0 Å². The summed E-state index contributed by atoms with van der Waals surface area (Å²) in [5.41, 5.74) is -0.530. The summed E-state index contributed by atoms with van der Waals surface area (Å²) in [4.78, 5) is 21.6. The molecule has 0 spiro atoms. The first-order valence-corrected chi connectivity index (χ1v) is 4.50. The first kappa shape index (κ1) is 12.9. The Hall–Kier alpha value is -1.10. The predicted octanol–water partition coefficient (Wildman–Crippen LogP) is -0.0157. The van der Waals surface area contributed by atoms with Crippen molar-refractivity contribution in [2.45, 2.75) is 33.3 Å². The Morgan fingerprint density at radius 1 is 1.43 bits per heavy atom. The number of carboxylic acids is 1. The van der Waals surface area contributed by atoms with Crippen molar-refractivity contribution in [1.29, 1.82) is 0 Å². The third kappa shape index (κ3) is 3.74. The van der Waals surface area contributed by atoms with Crippen LogP contribution in [0.3, 0.4) is 0 Å². The molecule has 0 fully saturated rings. The van der Waals surface area contributed by atoms with Gasteiger partial charge in [0.05, 0.1) is 6.54 Å². The summed E-state index contributed by atoms with van der Waals surface area (Å²) < 4.78 is 0. The summed E-state index contributed by atoms with van der Waals surface area (Å²) in [5, 5.41) is 19.6. The number of carboxylic acid groups (broad SMARTS) is 1. The van der Waals surface area contributed by atoms with Crippen molar-refractivity contribution in [2.24, 2.45) is 5.41 Å². The van der Waals surface area contributed by atoms with Crippen LogP contribution in [0.4, 0.5) is 0 Å². The number of aliphatic hydroxyl groups is 1. The number of rotatable bonds is 5. The maximum atomic E-state index is 11.4. The third-order valence-electron chi connectivity index (χ3n) is 2.24. The lowest BCUT2D eigenvalue weighted by atomic mass is 9.89. The van der Waals surface area contributed by atoms with Gasteiger partial charge in [0.15, 0.2) is 6.10 Å². The molecule has 1 amide bonds. The predicted molar refractivity (Wildman–Crippen MR) is 50.7 cm³/mol. The molecule has 0 aromatic carbocycles. The molecular weight excluding hydrogens is 186 g/mol. The second-order valence-corrected chi connectivity index (χ2v) is 3.80. The number of aliphatic carboxylic acids is 1. The molecule has 0 aromatic heterocycles. The molecule has 3 N–H and O–H groups in total. The summed E-state index contributed by atoms with van der Waals surface area (Å²) in [6, 6.07) is 0. The van der Waals surface area contributed by atoms with Crippen molar-refractivity contribution in [3.05, 3.63) is 0 Å². The monoisotopic (exact) mass is 203 g/mol. The van der Waals surface area contributed by atoms with Crippen molar-refractivity contribution in [3.63, 3.8) is 0 Å². The fourth-order valence-corrected chi connectivity index (χ4v) is 0.677. The lowest BCUT2D eigenvalue weighted by molar-refractivity contribution is -0.146. The Kier molecular flexibility index (Phi) is 4.56. The zero-order valence-electron chi connectivity index (χ0n) is 8.70. The second kappa shape index (κ2) is 4.95. The molecule has 5 nitrogen and oxygen atoms in total. The molecule has 1 unspecified atom stereocenters. The Labute approximate surface area is 83.1 Å². The van der Waals surface area contributed by atoms with Crippen LogP contribution in [0.2, 0.25) is 0 Å². The quantitative estimate of drug-likeness (QED) is 0.586. The third-order valence-corrected chi connectivity index (χ3v) is 2.24. The minimum Gasteiger partial charge on any atom is -0.479 e. The SMILES string of the molecule is CCC(C)(C)C(=O)NCC(O)C(=O)O. The summed E-state index contributed by atoms with van der Waals surface area (Å²) in [5.74, 6) is -1.58. The highest BCUT2D eigenvalue weighted by Crippen LogP contribution is 2.19. The number of nitrogens with one attached hydrogen (secondary N) is 1. The van der Waals surface area contributed by atoms with Crippen molar-refractivity contribution >= 4 is 11.9 Å². The van der Waals surface area contributed by atoms with Crippen LogP contribution in [0.15, 0.2) is 0 Å². The van der Waals surface area contributed by atoms with E-state index in [2.05, 4.69) is 5.32 Å². The number of carbonyl (C=O) groups excluding carboxylic acids is 1. The van der Waals surface area contributed by atoms with Crippen molar-refractivity contribution in [1.82, 2.24) is 5.32 Å². The zero-order chi connectivity index (χ0) is 11.4. The number of hydrogen-bond donors (Lipinski definition) is 3. The van der Waals surface area contributed by atoms with Crippen molar-refractivity contribution in [3.8, 4) is 0 Å². The van der Waals surface area contributed by atoms with E-state index in [-0.39, 0.29) is 12.5 Å². The Morgan fingerprint density at radius 3 is 2.29 bits per heavy atom. The van der Waals surface area contributed by atoms with Gasteiger partial charge in [-0.05, 0) is 6.42 Å². The number of carbonyl (C=O) groups is 2. The number of hydrogen-bond acceptors (Lipinski definition) is 3. The average Bonchev–Trinajstić information content (AvgIpc) is 2.13. The van der Waals surface area contributed by atoms with Crippen LogP contribution in [-0.4, -0.2) is 34.7 Å². The normalized spacial score (nSPS) is 13.4. The van der Waals surface area contributed by atoms with E-state index in [4.69, 9.17) is 10.2 Å². The molecule has 0 aliphatic heterocycles. The van der Waals surface area contributed by atoms with Gasteiger partial charge in [-0.2, -0.15) is 0 Å². The summed E-state index contributed by atoms with van der Waals surface area (Å²) in [6.07, 6.45) is -0.881. The maximum absolute atomic E-state index is 11.4. The van der Waals surface area contributed by atoms with E-state index in [0.29, 0.717) is 6.42 Å². The fraction of sp³-hybridized carbons (Fsp3) is 0.778. The van der Waals surface area contributed by atoms with Crippen molar-refractivity contribution < 1.29 is 19.8 Å². The maximum Gasteiger partial charge on any atom is 0.334 e. The van der Waals surface area contributed by atoms with Crippen LogP contribution >= 0.6 is 0 Å². The molecule has 14 heavy (non-hydrogen) atoms.